The first kappa shape index (κ1) is 14.7. The largest absolute Gasteiger partial charge is 0.330 e. The maximum atomic E-state index is 12.4. The van der Waals surface area contributed by atoms with E-state index in [1.807, 2.05) is 13.8 Å². The van der Waals surface area contributed by atoms with Gasteiger partial charge in [-0.3, -0.25) is 19.8 Å². The normalized spacial score (nSPS) is 20.9. The zero-order chi connectivity index (χ0) is 13.9. The molecule has 0 spiro atoms. The summed E-state index contributed by atoms with van der Waals surface area (Å²) in [7, 11) is 0. The molecule has 4 amide bonds. The molecule has 0 bridgehead atoms. The first-order valence-corrected chi connectivity index (χ1v) is 6.60. The average Bonchev–Trinajstić information content (AvgIpc) is 2.35. The van der Waals surface area contributed by atoms with Crippen LogP contribution in [0.5, 0.6) is 0 Å². The van der Waals surface area contributed by atoms with Crippen LogP contribution in [-0.2, 0) is 9.59 Å². The third-order valence-corrected chi connectivity index (χ3v) is 3.95. The van der Waals surface area contributed by atoms with E-state index in [0.29, 0.717) is 19.4 Å². The summed E-state index contributed by atoms with van der Waals surface area (Å²) in [6.07, 6.45) is 1.72. The topological polar surface area (TPSA) is 66.5 Å². The minimum absolute atomic E-state index is 0.235. The van der Waals surface area contributed by atoms with E-state index in [9.17, 15) is 14.4 Å². The molecule has 0 aromatic carbocycles. The number of carbonyl (C=O) groups excluding carboxylic acids is 3. The second kappa shape index (κ2) is 5.50. The molecule has 1 saturated heterocycles. The number of imide groups is 2. The van der Waals surface area contributed by atoms with Gasteiger partial charge in [-0.25, -0.2) is 4.79 Å². The molecular weight excluding hydrogens is 232 g/mol. The molecule has 1 N–H and O–H groups in total. The maximum absolute atomic E-state index is 12.4. The summed E-state index contributed by atoms with van der Waals surface area (Å²) < 4.78 is 0. The van der Waals surface area contributed by atoms with E-state index >= 15 is 0 Å². The molecule has 18 heavy (non-hydrogen) atoms. The highest BCUT2D eigenvalue weighted by molar-refractivity contribution is 6.19. The predicted octanol–water partition coefficient (Wildman–Crippen LogP) is 1.92. The van der Waals surface area contributed by atoms with E-state index in [1.165, 1.54) is 4.90 Å². The Morgan fingerprint density at radius 1 is 1.17 bits per heavy atom. The third-order valence-electron chi connectivity index (χ3n) is 3.95. The van der Waals surface area contributed by atoms with Crippen molar-refractivity contribution in [2.24, 2.45) is 11.3 Å². The lowest BCUT2D eigenvalue weighted by Crippen LogP contribution is -2.64. The molecule has 1 aliphatic rings. The fourth-order valence-electron chi connectivity index (χ4n) is 2.21. The van der Waals surface area contributed by atoms with Crippen molar-refractivity contribution in [3.05, 3.63) is 0 Å². The van der Waals surface area contributed by atoms with Gasteiger partial charge in [0.25, 0.3) is 0 Å². The van der Waals surface area contributed by atoms with Gasteiger partial charge in [-0.1, -0.05) is 34.1 Å². The van der Waals surface area contributed by atoms with Gasteiger partial charge in [0, 0.05) is 6.54 Å². The molecule has 1 atom stereocenters. The van der Waals surface area contributed by atoms with Gasteiger partial charge in [0.1, 0.15) is 5.41 Å². The smallest absolute Gasteiger partial charge is 0.277 e. The minimum Gasteiger partial charge on any atom is -0.277 e. The Labute approximate surface area is 108 Å². The fraction of sp³-hybridized carbons (Fsp3) is 0.769. The van der Waals surface area contributed by atoms with Crippen LogP contribution < -0.4 is 5.32 Å². The highest BCUT2D eigenvalue weighted by Gasteiger charge is 2.51. The number of amides is 4. The van der Waals surface area contributed by atoms with Crippen LogP contribution in [-0.4, -0.2) is 29.3 Å². The zero-order valence-corrected chi connectivity index (χ0v) is 11.6. The van der Waals surface area contributed by atoms with Gasteiger partial charge >= 0.3 is 6.03 Å². The summed E-state index contributed by atoms with van der Waals surface area (Å²) in [4.78, 5) is 37.3. The summed E-state index contributed by atoms with van der Waals surface area (Å²) in [6.45, 7) is 7.97. The Balaban J connectivity index is 3.02. The van der Waals surface area contributed by atoms with Gasteiger partial charge < -0.3 is 0 Å². The van der Waals surface area contributed by atoms with Crippen molar-refractivity contribution in [1.82, 2.24) is 10.2 Å². The van der Waals surface area contributed by atoms with Crippen molar-refractivity contribution in [2.45, 2.75) is 47.0 Å². The molecule has 1 aliphatic heterocycles. The maximum Gasteiger partial charge on any atom is 0.330 e. The van der Waals surface area contributed by atoms with Crippen LogP contribution in [0.1, 0.15) is 47.0 Å². The molecular formula is C13H22N2O3. The Hall–Kier alpha value is -1.39. The van der Waals surface area contributed by atoms with Gasteiger partial charge in [0.15, 0.2) is 0 Å². The number of urea groups is 1. The SMILES string of the molecule is CCC(C)CN1C(=O)NC(=O)C(CC)(CC)C1=O. The molecule has 102 valence electrons. The molecule has 0 saturated carbocycles. The zero-order valence-electron chi connectivity index (χ0n) is 11.6. The van der Waals surface area contributed by atoms with E-state index in [0.717, 1.165) is 6.42 Å². The Morgan fingerprint density at radius 3 is 2.17 bits per heavy atom. The lowest BCUT2D eigenvalue weighted by atomic mass is 9.78. The van der Waals surface area contributed by atoms with Crippen molar-refractivity contribution in [3.63, 3.8) is 0 Å². The summed E-state index contributed by atoms with van der Waals surface area (Å²) >= 11 is 0. The molecule has 0 aromatic rings. The van der Waals surface area contributed by atoms with Crippen molar-refractivity contribution in [1.29, 1.82) is 0 Å². The molecule has 1 heterocycles. The molecule has 1 fully saturated rings. The predicted molar refractivity (Wildman–Crippen MR) is 67.7 cm³/mol. The molecule has 0 aliphatic carbocycles. The first-order valence-electron chi connectivity index (χ1n) is 6.60. The second-order valence-corrected chi connectivity index (χ2v) is 4.98. The lowest BCUT2D eigenvalue weighted by Gasteiger charge is -2.39. The van der Waals surface area contributed by atoms with E-state index in [1.54, 1.807) is 13.8 Å². The van der Waals surface area contributed by atoms with Crippen LogP contribution in [0.25, 0.3) is 0 Å². The van der Waals surface area contributed by atoms with Crippen LogP contribution in [0.3, 0.4) is 0 Å². The minimum atomic E-state index is -1.07. The van der Waals surface area contributed by atoms with Crippen LogP contribution in [0.15, 0.2) is 0 Å². The van der Waals surface area contributed by atoms with Gasteiger partial charge in [-0.2, -0.15) is 0 Å². The van der Waals surface area contributed by atoms with Gasteiger partial charge in [0.05, 0.1) is 0 Å². The summed E-state index contributed by atoms with van der Waals surface area (Å²) in [5, 5.41) is 2.31. The van der Waals surface area contributed by atoms with Crippen molar-refractivity contribution >= 4 is 17.8 Å². The quantitative estimate of drug-likeness (QED) is 0.762. The second-order valence-electron chi connectivity index (χ2n) is 4.98. The number of rotatable bonds is 5. The van der Waals surface area contributed by atoms with Crippen molar-refractivity contribution in [3.8, 4) is 0 Å². The van der Waals surface area contributed by atoms with E-state index in [-0.39, 0.29) is 11.8 Å². The van der Waals surface area contributed by atoms with Crippen LogP contribution in [0.2, 0.25) is 0 Å². The third kappa shape index (κ3) is 2.26. The molecule has 1 rings (SSSR count). The molecule has 0 radical (unpaired) electrons. The Morgan fingerprint density at radius 2 is 1.72 bits per heavy atom. The molecule has 5 nitrogen and oxygen atoms in total. The lowest BCUT2D eigenvalue weighted by molar-refractivity contribution is -0.152. The van der Waals surface area contributed by atoms with Crippen LogP contribution in [0.4, 0.5) is 4.79 Å². The Kier molecular flexibility index (Phi) is 4.48. The highest BCUT2D eigenvalue weighted by atomic mass is 16.2. The summed E-state index contributed by atoms with van der Waals surface area (Å²) in [5.41, 5.74) is -1.07. The molecule has 1 unspecified atom stereocenters. The molecule has 5 heteroatoms. The van der Waals surface area contributed by atoms with Gasteiger partial charge in [-0.05, 0) is 18.8 Å². The standard InChI is InChI=1S/C13H22N2O3/c1-5-9(4)8-15-11(17)13(6-2,7-3)10(16)14-12(15)18/h9H,5-8H2,1-4H3,(H,14,16,18). The highest BCUT2D eigenvalue weighted by Crippen LogP contribution is 2.32. The number of barbiturate groups is 1. The summed E-state index contributed by atoms with van der Waals surface area (Å²) in [6, 6.07) is -0.581. The van der Waals surface area contributed by atoms with E-state index in [2.05, 4.69) is 5.32 Å². The summed E-state index contributed by atoms with van der Waals surface area (Å²) in [5.74, 6) is -0.566. The van der Waals surface area contributed by atoms with E-state index in [4.69, 9.17) is 0 Å². The van der Waals surface area contributed by atoms with E-state index < -0.39 is 17.4 Å². The van der Waals surface area contributed by atoms with Gasteiger partial charge in [-0.15, -0.1) is 0 Å². The monoisotopic (exact) mass is 254 g/mol. The number of nitrogens with zero attached hydrogens (tertiary/aromatic N) is 1. The first-order chi connectivity index (χ1) is 8.42. The number of carbonyl (C=O) groups is 3. The fourth-order valence-corrected chi connectivity index (χ4v) is 2.21. The average molecular weight is 254 g/mol. The van der Waals surface area contributed by atoms with Crippen molar-refractivity contribution in [2.75, 3.05) is 6.54 Å². The number of hydrogen-bond acceptors (Lipinski definition) is 3. The Bertz CT molecular complexity index is 361. The van der Waals surface area contributed by atoms with Crippen LogP contribution in [0, 0.1) is 11.3 Å². The number of nitrogens with one attached hydrogen (secondary N) is 1. The molecule has 0 aromatic heterocycles. The van der Waals surface area contributed by atoms with Crippen molar-refractivity contribution < 1.29 is 14.4 Å². The number of hydrogen-bond donors (Lipinski definition) is 1. The van der Waals surface area contributed by atoms with Gasteiger partial charge in [0.2, 0.25) is 11.8 Å². The van der Waals surface area contributed by atoms with Crippen LogP contribution >= 0.6 is 0 Å².